The first-order valence-electron chi connectivity index (χ1n) is 21.7. The van der Waals surface area contributed by atoms with Crippen LogP contribution in [0.5, 0.6) is 0 Å². The van der Waals surface area contributed by atoms with Crippen LogP contribution in [-0.4, -0.2) is 34.5 Å². The van der Waals surface area contributed by atoms with E-state index in [4.69, 9.17) is 43.1 Å². The quantitative estimate of drug-likeness (QED) is 0.0605. The summed E-state index contributed by atoms with van der Waals surface area (Å²) in [5.41, 5.74) is 37.2. The molecular formula is C56H44N8O4. The first kappa shape index (κ1) is 42.5. The van der Waals surface area contributed by atoms with Crippen molar-refractivity contribution in [3.63, 3.8) is 0 Å². The summed E-state index contributed by atoms with van der Waals surface area (Å²) in [5, 5.41) is 35.1. The van der Waals surface area contributed by atoms with Crippen molar-refractivity contribution in [1.29, 1.82) is 0 Å². The normalized spacial score (nSPS) is 13.4. The molecule has 2 heterocycles. The maximum Gasteiger partial charge on any atom is 0.224 e. The second kappa shape index (κ2) is 16.9. The SMILES string of the molecule is C=c1cc2c(cc1C)=Nc1c(cc3ccccc3c1-c1c3c(cc4ccccc14)NCC=N3)N2.Nc1cc2ccccc2c(-c2c(N)c(N)cc3ccccc23)c1N.O=C1C=C(O)C(=O)C=C1O. The van der Waals surface area contributed by atoms with Gasteiger partial charge in [-0.25, -0.2) is 4.99 Å². The van der Waals surface area contributed by atoms with E-state index in [9.17, 15) is 9.59 Å². The molecule has 0 fully saturated rings. The Morgan fingerprint density at radius 1 is 0.544 bits per heavy atom. The summed E-state index contributed by atoms with van der Waals surface area (Å²) >= 11 is 0. The minimum absolute atomic E-state index is 0.524. The van der Waals surface area contributed by atoms with Crippen molar-refractivity contribution in [2.24, 2.45) is 9.98 Å². The van der Waals surface area contributed by atoms with Gasteiger partial charge in [-0.15, -0.1) is 0 Å². The lowest BCUT2D eigenvalue weighted by Gasteiger charge is -2.24. The van der Waals surface area contributed by atoms with Crippen LogP contribution in [0.15, 0.2) is 167 Å². The maximum absolute atomic E-state index is 10.4. The number of hydrogen-bond donors (Lipinski definition) is 8. The molecule has 12 N–H and O–H groups in total. The second-order valence-electron chi connectivity index (χ2n) is 16.7. The van der Waals surface area contributed by atoms with Crippen LogP contribution in [0.3, 0.4) is 0 Å². The van der Waals surface area contributed by atoms with E-state index >= 15 is 0 Å². The van der Waals surface area contributed by atoms with Crippen molar-refractivity contribution in [1.82, 2.24) is 0 Å². The number of nitrogen functional groups attached to an aromatic ring is 4. The number of aryl methyl sites for hydroxylation is 1. The van der Waals surface area contributed by atoms with Gasteiger partial charge in [-0.2, -0.15) is 0 Å². The summed E-state index contributed by atoms with van der Waals surface area (Å²) in [6.45, 7) is 6.98. The van der Waals surface area contributed by atoms with Gasteiger partial charge in [0, 0.05) is 40.6 Å². The van der Waals surface area contributed by atoms with E-state index in [0.29, 0.717) is 34.9 Å². The van der Waals surface area contributed by atoms with Crippen LogP contribution in [-0.2, 0) is 9.59 Å². The Hall–Kier alpha value is -9.42. The summed E-state index contributed by atoms with van der Waals surface area (Å²) in [6, 6.07) is 45.4. The molecule has 0 saturated carbocycles. The number of benzene rings is 9. The molecule has 0 amide bonds. The molecule has 0 bridgehead atoms. The largest absolute Gasteiger partial charge is 0.504 e. The molecule has 2 aliphatic heterocycles. The summed E-state index contributed by atoms with van der Waals surface area (Å²) in [7, 11) is 0. The highest BCUT2D eigenvalue weighted by atomic mass is 16.3. The van der Waals surface area contributed by atoms with Gasteiger partial charge in [0.15, 0.2) is 11.5 Å². The van der Waals surface area contributed by atoms with Crippen molar-refractivity contribution in [3.8, 4) is 22.3 Å². The van der Waals surface area contributed by atoms with Crippen molar-refractivity contribution < 1.29 is 19.8 Å². The number of aliphatic hydroxyl groups excluding tert-OH is 2. The van der Waals surface area contributed by atoms with Gasteiger partial charge >= 0.3 is 0 Å². The molecule has 68 heavy (non-hydrogen) atoms. The smallest absolute Gasteiger partial charge is 0.224 e. The highest BCUT2D eigenvalue weighted by Crippen LogP contribution is 2.52. The zero-order valence-electron chi connectivity index (χ0n) is 36.8. The zero-order valence-corrected chi connectivity index (χ0v) is 36.8. The van der Waals surface area contributed by atoms with Gasteiger partial charge in [-0.1, -0.05) is 104 Å². The molecule has 0 radical (unpaired) electrons. The van der Waals surface area contributed by atoms with E-state index in [2.05, 4.69) is 96.9 Å². The number of nitrogens with zero attached hydrogens (tertiary/aromatic N) is 2. The van der Waals surface area contributed by atoms with E-state index in [1.54, 1.807) is 0 Å². The molecule has 1 aliphatic carbocycles. The van der Waals surface area contributed by atoms with Gasteiger partial charge in [-0.05, 0) is 97.2 Å². The Kier molecular flexibility index (Phi) is 10.5. The van der Waals surface area contributed by atoms with Gasteiger partial charge in [0.1, 0.15) is 0 Å². The predicted molar refractivity (Wildman–Crippen MR) is 280 cm³/mol. The second-order valence-corrected chi connectivity index (χ2v) is 16.7. The molecule has 0 aromatic heterocycles. The number of fused-ring (bicyclic) bond motifs is 7. The molecular weight excluding hydrogens is 849 g/mol. The van der Waals surface area contributed by atoms with Crippen molar-refractivity contribution in [2.75, 3.05) is 40.1 Å². The average Bonchev–Trinajstić information content (AvgIpc) is 3.34. The first-order valence-corrected chi connectivity index (χ1v) is 21.7. The number of nitrogens with one attached hydrogen (secondary N) is 2. The Morgan fingerprint density at radius 2 is 0.985 bits per heavy atom. The van der Waals surface area contributed by atoms with Crippen LogP contribution < -0.4 is 44.1 Å². The number of hydrogen-bond acceptors (Lipinski definition) is 12. The minimum atomic E-state index is -0.753. The molecule has 0 spiro atoms. The Labute approximate surface area is 389 Å². The van der Waals surface area contributed by atoms with Crippen LogP contribution in [0.2, 0.25) is 0 Å². The Bertz CT molecular complexity index is 3760. The van der Waals surface area contributed by atoms with Gasteiger partial charge < -0.3 is 43.8 Å². The number of nitrogens with two attached hydrogens (primary N) is 4. The van der Waals surface area contributed by atoms with Gasteiger partial charge in [0.2, 0.25) is 11.6 Å². The fraction of sp³-hybridized carbons (Fsp3) is 0.0357. The summed E-state index contributed by atoms with van der Waals surface area (Å²) in [5.74, 6) is -2.78. The number of carbonyl (C=O) groups is 2. The fourth-order valence-electron chi connectivity index (χ4n) is 9.00. The van der Waals surface area contributed by atoms with E-state index in [1.807, 2.05) is 66.9 Å². The molecule has 3 aliphatic rings. The van der Waals surface area contributed by atoms with Crippen molar-refractivity contribution in [2.45, 2.75) is 6.92 Å². The minimum Gasteiger partial charge on any atom is -0.504 e. The third-order valence-electron chi connectivity index (χ3n) is 12.4. The topological polar surface area (TPSA) is 227 Å². The van der Waals surface area contributed by atoms with E-state index in [-0.39, 0.29) is 0 Å². The van der Waals surface area contributed by atoms with E-state index < -0.39 is 23.1 Å². The van der Waals surface area contributed by atoms with Crippen LogP contribution in [0.1, 0.15) is 5.56 Å². The van der Waals surface area contributed by atoms with E-state index in [0.717, 1.165) is 94.9 Å². The third kappa shape index (κ3) is 7.41. The Balaban J connectivity index is 0.000000137. The predicted octanol–water partition coefficient (Wildman–Crippen LogP) is 10.5. The number of aliphatic imine (C=N–C) groups is 1. The highest BCUT2D eigenvalue weighted by molar-refractivity contribution is 6.20. The molecule has 12 nitrogen and oxygen atoms in total. The number of allylic oxidation sites excluding steroid dienone is 2. The summed E-state index contributed by atoms with van der Waals surface area (Å²) in [6.07, 6.45) is 3.30. The lowest BCUT2D eigenvalue weighted by molar-refractivity contribution is -0.118. The fourth-order valence-corrected chi connectivity index (χ4v) is 9.00. The standard InChI is InChI=1S/C30H22N4.C20H18N4.C6H4O4/c1-17-13-23-24(14-18(17)2)34-30-26(33-23)16-20-8-4-6-10-22(20)28(30)27-21-9-5-3-7-19(21)15-25-29(27)32-12-11-31-25;21-15-9-11-5-1-3-7-13(11)17(19(15)23)18-14-8-4-2-6-12(14)10-16(22)20(18)24;7-3-1-4(8)6(10)2-5(3)9/h3-10,12-16,31,33H,1,11H2,2H3;1-10H,21-24H2;1-2,7,10H. The van der Waals surface area contributed by atoms with Gasteiger partial charge in [0.05, 0.1) is 63.1 Å². The maximum atomic E-state index is 10.4. The molecule has 12 rings (SSSR count). The van der Waals surface area contributed by atoms with Crippen molar-refractivity contribution in [3.05, 3.63) is 173 Å². The lowest BCUT2D eigenvalue weighted by Crippen LogP contribution is -2.19. The van der Waals surface area contributed by atoms with Gasteiger partial charge in [0.25, 0.3) is 0 Å². The molecule has 332 valence electrons. The van der Waals surface area contributed by atoms with Crippen molar-refractivity contribution >= 4 is 119 Å². The Morgan fingerprint density at radius 3 is 1.50 bits per heavy atom. The molecule has 9 aromatic carbocycles. The number of aliphatic hydroxyl groups is 2. The number of anilines is 7. The molecule has 12 heteroatoms. The highest BCUT2D eigenvalue weighted by Gasteiger charge is 2.25. The molecule has 9 aromatic rings. The number of carbonyl (C=O) groups excluding carboxylic acids is 2. The van der Waals surface area contributed by atoms with Crippen LogP contribution in [0.4, 0.5) is 51.2 Å². The molecule has 0 unspecified atom stereocenters. The number of ketones is 2. The van der Waals surface area contributed by atoms with Crippen LogP contribution in [0.25, 0.3) is 71.9 Å². The van der Waals surface area contributed by atoms with Gasteiger partial charge in [-0.3, -0.25) is 14.6 Å². The number of rotatable bonds is 2. The first-order chi connectivity index (χ1) is 32.9. The van der Waals surface area contributed by atoms with E-state index in [1.165, 1.54) is 21.5 Å². The van der Waals surface area contributed by atoms with Crippen LogP contribution >= 0.6 is 0 Å². The lowest BCUT2D eigenvalue weighted by atomic mass is 9.89. The monoisotopic (exact) mass is 892 g/mol. The zero-order chi connectivity index (χ0) is 47.4. The molecule has 0 saturated heterocycles. The summed E-state index contributed by atoms with van der Waals surface area (Å²) in [4.78, 5) is 31.0. The summed E-state index contributed by atoms with van der Waals surface area (Å²) < 4.78 is 0. The molecule has 0 atom stereocenters. The average molecular weight is 893 g/mol. The third-order valence-corrected chi connectivity index (χ3v) is 12.4. The van der Waals surface area contributed by atoms with Crippen LogP contribution in [0, 0.1) is 6.92 Å².